The van der Waals surface area contributed by atoms with Gasteiger partial charge in [-0.25, -0.2) is 0 Å². The molecule has 2 aromatic carbocycles. The van der Waals surface area contributed by atoms with Gasteiger partial charge in [-0.2, -0.15) is 0 Å². The van der Waals surface area contributed by atoms with E-state index in [0.717, 1.165) is 49.9 Å². The Kier molecular flexibility index (Phi) is 3.91. The standard InChI is InChI=1S/C23H29NO/c1-15-4-7-21-18(13-15)5-6-19-14-16(2)12-17(3)22(19)23(21,25)20-8-10-24-11-9-20/h4,7,12-14,20,24-25H,5-6,8-11H2,1-3H3/i/hT. The zero-order valence-electron chi connectivity index (χ0n) is 16.6. The summed E-state index contributed by atoms with van der Waals surface area (Å²) >= 11 is 0. The quantitative estimate of drug-likeness (QED) is 0.826. The Balaban J connectivity index is 1.95. The van der Waals surface area contributed by atoms with Crippen LogP contribution in [0.1, 0.15) is 51.8 Å². The van der Waals surface area contributed by atoms with Crippen molar-refractivity contribution in [1.82, 2.24) is 5.31 Å². The van der Waals surface area contributed by atoms with Gasteiger partial charge in [0.05, 0.1) is 0 Å². The molecule has 2 aromatic rings. The fourth-order valence-electron chi connectivity index (χ4n) is 5.10. The number of hydrogen-bond donors (Lipinski definition) is 2. The summed E-state index contributed by atoms with van der Waals surface area (Å²) in [4.78, 5) is 0. The topological polar surface area (TPSA) is 32.3 Å². The molecule has 25 heavy (non-hydrogen) atoms. The number of benzene rings is 2. The molecule has 2 heteroatoms. The second-order valence-corrected chi connectivity index (χ2v) is 7.99. The first-order valence-corrected chi connectivity index (χ1v) is 9.56. The maximum Gasteiger partial charge on any atom is 0.122 e. The molecule has 0 saturated carbocycles. The molecule has 2 aliphatic rings. The lowest BCUT2D eigenvalue weighted by atomic mass is 9.69. The highest BCUT2D eigenvalue weighted by molar-refractivity contribution is 5.53. The van der Waals surface area contributed by atoms with Crippen molar-refractivity contribution >= 4 is 0 Å². The first-order valence-electron chi connectivity index (χ1n) is 10.0. The molecular weight excluding hydrogens is 306 g/mol. The molecule has 0 spiro atoms. The monoisotopic (exact) mass is 337 g/mol. The minimum atomic E-state index is -0.950. The van der Waals surface area contributed by atoms with Crippen LogP contribution in [0.15, 0.2) is 30.3 Å². The van der Waals surface area contributed by atoms with Gasteiger partial charge in [0.25, 0.3) is 0 Å². The van der Waals surface area contributed by atoms with Crippen LogP contribution >= 0.6 is 0 Å². The molecular formula is C23H29NO. The summed E-state index contributed by atoms with van der Waals surface area (Å²) in [5.41, 5.74) is 7.59. The Hall–Kier alpha value is -1.64. The van der Waals surface area contributed by atoms with E-state index in [2.05, 4.69) is 51.1 Å². The van der Waals surface area contributed by atoms with Gasteiger partial charge in [-0.3, -0.25) is 0 Å². The zero-order valence-corrected chi connectivity index (χ0v) is 15.6. The first kappa shape index (κ1) is 15.6. The van der Waals surface area contributed by atoms with Crippen LogP contribution in [0.5, 0.6) is 0 Å². The Morgan fingerprint density at radius 1 is 1.00 bits per heavy atom. The van der Waals surface area contributed by atoms with Crippen molar-refractivity contribution in [2.24, 2.45) is 5.92 Å². The maximum atomic E-state index is 12.3. The average molecular weight is 337 g/mol. The lowest BCUT2D eigenvalue weighted by Crippen LogP contribution is -2.43. The minimum absolute atomic E-state index is 0.156. The molecule has 132 valence electrons. The van der Waals surface area contributed by atoms with Gasteiger partial charge < -0.3 is 10.4 Å². The van der Waals surface area contributed by atoms with Gasteiger partial charge in [-0.1, -0.05) is 41.5 Å². The lowest BCUT2D eigenvalue weighted by Gasteiger charge is -2.41. The molecule has 4 rings (SSSR count). The fraction of sp³-hybridized carbons (Fsp3) is 0.478. The highest BCUT2D eigenvalue weighted by Gasteiger charge is 2.45. The summed E-state index contributed by atoms with van der Waals surface area (Å²) in [6.07, 6.45) is 3.68. The highest BCUT2D eigenvalue weighted by Crippen LogP contribution is 2.47. The molecule has 2 N–H and O–H groups in total. The number of nitrogens with one attached hydrogen (secondary N) is 1. The van der Waals surface area contributed by atoms with Crippen molar-refractivity contribution in [1.29, 1.82) is 0 Å². The van der Waals surface area contributed by atoms with Gasteiger partial charge in [-0.15, -0.1) is 0 Å². The van der Waals surface area contributed by atoms with Crippen LogP contribution < -0.4 is 5.31 Å². The molecule has 1 atom stereocenters. The molecule has 0 amide bonds. The van der Waals surface area contributed by atoms with Crippen molar-refractivity contribution in [2.75, 3.05) is 13.1 Å². The van der Waals surface area contributed by atoms with Crippen LogP contribution in [0, 0.1) is 26.7 Å². The Morgan fingerprint density at radius 3 is 2.44 bits per heavy atom. The van der Waals surface area contributed by atoms with E-state index < -0.39 is 5.60 Å². The third-order valence-corrected chi connectivity index (χ3v) is 6.14. The van der Waals surface area contributed by atoms with E-state index in [9.17, 15) is 5.11 Å². The van der Waals surface area contributed by atoms with Crippen molar-refractivity contribution in [3.8, 4) is 0 Å². The van der Waals surface area contributed by atoms with E-state index >= 15 is 0 Å². The normalized spacial score (nSPS) is 25.0. The van der Waals surface area contributed by atoms with Gasteiger partial charge in [0.15, 0.2) is 0 Å². The summed E-state index contributed by atoms with van der Waals surface area (Å²) in [6.45, 7) is 7.89. The molecule has 1 fully saturated rings. The number of aryl methyl sites for hydroxylation is 5. The lowest BCUT2D eigenvalue weighted by molar-refractivity contribution is 0.00131. The second-order valence-electron chi connectivity index (χ2n) is 7.99. The second kappa shape index (κ2) is 6.26. The number of rotatable bonds is 1. The molecule has 0 bridgehead atoms. The van der Waals surface area contributed by atoms with E-state index in [-0.39, 0.29) is 5.92 Å². The van der Waals surface area contributed by atoms with Crippen LogP contribution in [-0.4, -0.2) is 18.2 Å². The smallest absolute Gasteiger partial charge is 0.122 e. The summed E-state index contributed by atoms with van der Waals surface area (Å²) < 4.78 is 7.92. The maximum absolute atomic E-state index is 12.3. The summed E-state index contributed by atoms with van der Waals surface area (Å²) in [5, 5.41) is 14.0. The molecule has 1 aliphatic carbocycles. The number of hydrogen-bond acceptors (Lipinski definition) is 2. The van der Waals surface area contributed by atoms with E-state index in [0.29, 0.717) is 0 Å². The van der Waals surface area contributed by atoms with Gasteiger partial charge in [0.1, 0.15) is 7.01 Å². The summed E-state index contributed by atoms with van der Waals surface area (Å²) in [6, 6.07) is 11.0. The van der Waals surface area contributed by atoms with Crippen molar-refractivity contribution < 1.29 is 6.52 Å². The highest BCUT2D eigenvalue weighted by atomic mass is 16.3. The molecule has 2 nitrogen and oxygen atoms in total. The van der Waals surface area contributed by atoms with E-state index in [4.69, 9.17) is 1.41 Å². The van der Waals surface area contributed by atoms with E-state index in [1.54, 1.807) is 5.31 Å². The molecule has 0 aromatic heterocycles. The van der Waals surface area contributed by atoms with E-state index in [1.807, 2.05) is 0 Å². The van der Waals surface area contributed by atoms with E-state index in [1.165, 1.54) is 27.8 Å². The molecule has 1 heterocycles. The number of piperidine rings is 1. The first-order chi connectivity index (χ1) is 12.4. The predicted molar refractivity (Wildman–Crippen MR) is 103 cm³/mol. The van der Waals surface area contributed by atoms with Gasteiger partial charge >= 0.3 is 0 Å². The Labute approximate surface area is 152 Å². The third kappa shape index (κ3) is 2.72. The predicted octanol–water partition coefficient (Wildman–Crippen LogP) is 3.95. The SMILES string of the molecule is [3H]N1CCC(C2(O)c3ccc(C)cc3CCc3cc(C)cc(C)c32)CC1. The Bertz CT molecular complexity index is 838. The summed E-state index contributed by atoms with van der Waals surface area (Å²) in [7, 11) is 0. The zero-order chi connectivity index (χ0) is 18.5. The van der Waals surface area contributed by atoms with Crippen LogP contribution in [-0.2, 0) is 18.4 Å². The van der Waals surface area contributed by atoms with Crippen LogP contribution in [0.4, 0.5) is 0 Å². The molecule has 0 radical (unpaired) electrons. The van der Waals surface area contributed by atoms with Crippen LogP contribution in [0.25, 0.3) is 0 Å². The Morgan fingerprint density at radius 2 is 1.68 bits per heavy atom. The van der Waals surface area contributed by atoms with Crippen molar-refractivity contribution in [3.05, 3.63) is 69.3 Å². The van der Waals surface area contributed by atoms with Crippen LogP contribution in [0.2, 0.25) is 1.41 Å². The molecule has 1 aliphatic heterocycles. The molecule has 1 saturated heterocycles. The van der Waals surface area contributed by atoms with Gasteiger partial charge in [0.2, 0.25) is 0 Å². The molecule has 1 unspecified atom stereocenters. The number of aliphatic hydroxyl groups is 1. The number of fused-ring (bicyclic) bond motifs is 2. The van der Waals surface area contributed by atoms with Crippen LogP contribution in [0.3, 0.4) is 0 Å². The van der Waals surface area contributed by atoms with Gasteiger partial charge in [-0.05, 0) is 93.3 Å². The van der Waals surface area contributed by atoms with Gasteiger partial charge in [0, 0.05) is 0 Å². The third-order valence-electron chi connectivity index (χ3n) is 6.14. The van der Waals surface area contributed by atoms with Crippen molar-refractivity contribution in [3.63, 3.8) is 0 Å². The van der Waals surface area contributed by atoms with Crippen molar-refractivity contribution in [2.45, 2.75) is 52.1 Å². The fourth-order valence-corrected chi connectivity index (χ4v) is 5.10. The minimum Gasteiger partial charge on any atom is -0.380 e. The summed E-state index contributed by atoms with van der Waals surface area (Å²) in [5.74, 6) is 0.156. The average Bonchev–Trinajstić information content (AvgIpc) is 2.71. The largest absolute Gasteiger partial charge is 0.380 e.